The number of hydrogen-bond donors (Lipinski definition) is 1. The van der Waals surface area contributed by atoms with Crippen LogP contribution in [0.25, 0.3) is 0 Å². The van der Waals surface area contributed by atoms with Crippen molar-refractivity contribution in [2.24, 2.45) is 17.8 Å². The summed E-state index contributed by atoms with van der Waals surface area (Å²) < 4.78 is 5.12. The van der Waals surface area contributed by atoms with Gasteiger partial charge in [0, 0.05) is 19.3 Å². The average Bonchev–Trinajstić information content (AvgIpc) is 2.22. The second-order valence-electron chi connectivity index (χ2n) is 6.47. The van der Waals surface area contributed by atoms with Crippen molar-refractivity contribution in [1.29, 1.82) is 0 Å². The van der Waals surface area contributed by atoms with E-state index in [9.17, 15) is 0 Å². The molecule has 4 aliphatic carbocycles. The highest BCUT2D eigenvalue weighted by Crippen LogP contribution is 2.55. The van der Waals surface area contributed by atoms with E-state index in [4.69, 9.17) is 4.74 Å². The molecule has 0 radical (unpaired) electrons. The Labute approximate surface area is 99.1 Å². The number of ether oxygens (including phenoxy) is 1. The highest BCUT2D eigenvalue weighted by atomic mass is 16.5. The summed E-state index contributed by atoms with van der Waals surface area (Å²) in [5, 5.41) is 3.88. The summed E-state index contributed by atoms with van der Waals surface area (Å²) >= 11 is 0. The molecule has 0 unspecified atom stereocenters. The monoisotopic (exact) mass is 223 g/mol. The van der Waals surface area contributed by atoms with Gasteiger partial charge in [-0.3, -0.25) is 0 Å². The quantitative estimate of drug-likeness (QED) is 0.723. The van der Waals surface area contributed by atoms with Gasteiger partial charge in [-0.05, 0) is 69.2 Å². The lowest BCUT2D eigenvalue weighted by Gasteiger charge is -2.57. The summed E-state index contributed by atoms with van der Waals surface area (Å²) in [5.41, 5.74) is 0.544. The van der Waals surface area contributed by atoms with E-state index >= 15 is 0 Å². The topological polar surface area (TPSA) is 21.3 Å². The van der Waals surface area contributed by atoms with Gasteiger partial charge in [0.2, 0.25) is 0 Å². The molecule has 4 aliphatic rings. The molecule has 2 nitrogen and oxygen atoms in total. The van der Waals surface area contributed by atoms with Gasteiger partial charge in [0.1, 0.15) is 0 Å². The van der Waals surface area contributed by atoms with Gasteiger partial charge in [0.25, 0.3) is 0 Å². The summed E-state index contributed by atoms with van der Waals surface area (Å²) in [7, 11) is 1.80. The van der Waals surface area contributed by atoms with Gasteiger partial charge in [-0.25, -0.2) is 0 Å². The van der Waals surface area contributed by atoms with E-state index in [-0.39, 0.29) is 0 Å². The van der Waals surface area contributed by atoms with Crippen molar-refractivity contribution in [2.75, 3.05) is 20.3 Å². The first-order chi connectivity index (χ1) is 7.80. The first-order valence-electron chi connectivity index (χ1n) is 7.04. The van der Waals surface area contributed by atoms with Crippen molar-refractivity contribution >= 4 is 0 Å². The summed E-state index contributed by atoms with van der Waals surface area (Å²) in [6, 6.07) is 0. The molecule has 1 N–H and O–H groups in total. The molecule has 0 spiro atoms. The highest BCUT2D eigenvalue weighted by molar-refractivity contribution is 5.06. The minimum atomic E-state index is 0.544. The third-order valence-corrected chi connectivity index (χ3v) is 5.06. The van der Waals surface area contributed by atoms with Crippen LogP contribution < -0.4 is 5.32 Å². The van der Waals surface area contributed by atoms with Crippen molar-refractivity contribution in [3.63, 3.8) is 0 Å². The van der Waals surface area contributed by atoms with E-state index in [1.165, 1.54) is 38.5 Å². The second kappa shape index (κ2) is 4.30. The molecule has 4 bridgehead atoms. The fourth-order valence-electron chi connectivity index (χ4n) is 4.90. The Kier molecular flexibility index (Phi) is 2.97. The maximum atomic E-state index is 5.12. The van der Waals surface area contributed by atoms with Crippen LogP contribution in [0.2, 0.25) is 0 Å². The molecule has 0 aliphatic heterocycles. The third kappa shape index (κ3) is 2.02. The number of rotatable bonds is 5. The average molecular weight is 223 g/mol. The Balaban J connectivity index is 1.56. The molecule has 0 aromatic carbocycles. The Bertz CT molecular complexity index is 216. The lowest BCUT2D eigenvalue weighted by atomic mass is 9.53. The van der Waals surface area contributed by atoms with Crippen LogP contribution in [0, 0.1) is 17.8 Å². The Morgan fingerprint density at radius 3 is 2.12 bits per heavy atom. The molecule has 92 valence electrons. The van der Waals surface area contributed by atoms with Gasteiger partial charge < -0.3 is 10.1 Å². The van der Waals surface area contributed by atoms with E-state index in [0.29, 0.717) is 5.54 Å². The molecule has 0 aromatic heterocycles. The first kappa shape index (κ1) is 11.0. The van der Waals surface area contributed by atoms with Crippen LogP contribution in [-0.4, -0.2) is 25.8 Å². The molecule has 2 heteroatoms. The van der Waals surface area contributed by atoms with E-state index in [1.54, 1.807) is 7.11 Å². The van der Waals surface area contributed by atoms with Crippen molar-refractivity contribution in [2.45, 2.75) is 50.5 Å². The van der Waals surface area contributed by atoms with E-state index in [2.05, 4.69) is 5.32 Å². The van der Waals surface area contributed by atoms with Gasteiger partial charge in [-0.15, -0.1) is 0 Å². The largest absolute Gasteiger partial charge is 0.385 e. The van der Waals surface area contributed by atoms with Crippen LogP contribution >= 0.6 is 0 Å². The summed E-state index contributed by atoms with van der Waals surface area (Å²) in [4.78, 5) is 0. The van der Waals surface area contributed by atoms with Crippen LogP contribution in [0.15, 0.2) is 0 Å². The fraction of sp³-hybridized carbons (Fsp3) is 1.00. The maximum absolute atomic E-state index is 5.12. The minimum Gasteiger partial charge on any atom is -0.385 e. The van der Waals surface area contributed by atoms with Crippen molar-refractivity contribution in [3.05, 3.63) is 0 Å². The third-order valence-electron chi connectivity index (χ3n) is 5.06. The molecule has 4 saturated carbocycles. The molecule has 4 fully saturated rings. The van der Waals surface area contributed by atoms with Crippen LogP contribution in [-0.2, 0) is 4.74 Å². The molecular formula is C14H25NO. The van der Waals surface area contributed by atoms with Crippen molar-refractivity contribution in [1.82, 2.24) is 5.32 Å². The van der Waals surface area contributed by atoms with Crippen LogP contribution in [0.3, 0.4) is 0 Å². The minimum absolute atomic E-state index is 0.544. The van der Waals surface area contributed by atoms with Gasteiger partial charge in [0.15, 0.2) is 0 Å². The highest BCUT2D eigenvalue weighted by Gasteiger charge is 2.50. The summed E-state index contributed by atoms with van der Waals surface area (Å²) in [5.74, 6) is 3.17. The molecule has 0 saturated heterocycles. The van der Waals surface area contributed by atoms with Crippen LogP contribution in [0.4, 0.5) is 0 Å². The molecule has 0 heterocycles. The predicted octanol–water partition coefficient (Wildman–Crippen LogP) is 2.58. The van der Waals surface area contributed by atoms with E-state index in [0.717, 1.165) is 37.3 Å². The van der Waals surface area contributed by atoms with Crippen molar-refractivity contribution in [3.8, 4) is 0 Å². The van der Waals surface area contributed by atoms with Gasteiger partial charge >= 0.3 is 0 Å². The Morgan fingerprint density at radius 1 is 1.06 bits per heavy atom. The zero-order valence-corrected chi connectivity index (χ0v) is 10.5. The lowest BCUT2D eigenvalue weighted by molar-refractivity contribution is -0.0201. The van der Waals surface area contributed by atoms with Crippen LogP contribution in [0.5, 0.6) is 0 Å². The second-order valence-corrected chi connectivity index (χ2v) is 6.47. The zero-order valence-electron chi connectivity index (χ0n) is 10.5. The SMILES string of the molecule is COCCCNC12CC3CC(CC(C3)C1)C2. The first-order valence-corrected chi connectivity index (χ1v) is 7.04. The van der Waals surface area contributed by atoms with Gasteiger partial charge in [-0.1, -0.05) is 0 Å². The summed E-state index contributed by atoms with van der Waals surface area (Å²) in [6.45, 7) is 2.05. The number of methoxy groups -OCH3 is 1. The van der Waals surface area contributed by atoms with Gasteiger partial charge in [0.05, 0.1) is 0 Å². The number of nitrogens with one attached hydrogen (secondary N) is 1. The normalized spacial score (nSPS) is 45.2. The lowest BCUT2D eigenvalue weighted by Crippen LogP contribution is -2.58. The van der Waals surface area contributed by atoms with E-state index in [1.807, 2.05) is 0 Å². The predicted molar refractivity (Wildman–Crippen MR) is 65.4 cm³/mol. The number of hydrogen-bond acceptors (Lipinski definition) is 2. The van der Waals surface area contributed by atoms with Crippen LogP contribution in [0.1, 0.15) is 44.9 Å². The molecule has 16 heavy (non-hydrogen) atoms. The summed E-state index contributed by atoms with van der Waals surface area (Å²) in [6.07, 6.45) is 10.2. The zero-order chi connectivity index (χ0) is 11.0. The smallest absolute Gasteiger partial charge is 0.0474 e. The van der Waals surface area contributed by atoms with Crippen molar-refractivity contribution < 1.29 is 4.74 Å². The Morgan fingerprint density at radius 2 is 1.62 bits per heavy atom. The molecule has 0 atom stereocenters. The molecule has 0 amide bonds. The molecule has 4 rings (SSSR count). The standard InChI is InChI=1S/C14H25NO/c1-16-4-2-3-15-14-8-11-5-12(9-14)7-13(6-11)10-14/h11-13,15H,2-10H2,1H3. The molecule has 0 aromatic rings. The Hall–Kier alpha value is -0.0800. The molecular weight excluding hydrogens is 198 g/mol. The van der Waals surface area contributed by atoms with E-state index < -0.39 is 0 Å². The van der Waals surface area contributed by atoms with Gasteiger partial charge in [-0.2, -0.15) is 0 Å². The fourth-order valence-corrected chi connectivity index (χ4v) is 4.90. The maximum Gasteiger partial charge on any atom is 0.0474 e.